The maximum atomic E-state index is 12.6. The molecule has 1 aromatic carbocycles. The van der Waals surface area contributed by atoms with E-state index in [2.05, 4.69) is 31.2 Å². The van der Waals surface area contributed by atoms with Crippen molar-refractivity contribution >= 4 is 44.1 Å². The van der Waals surface area contributed by atoms with E-state index in [0.29, 0.717) is 16.5 Å². The number of thiazole rings is 1. The monoisotopic (exact) mass is 416 g/mol. The summed E-state index contributed by atoms with van der Waals surface area (Å²) in [5.74, 6) is 0.411. The number of aromatic nitrogens is 2. The smallest absolute Gasteiger partial charge is 0.261 e. The predicted molar refractivity (Wildman–Crippen MR) is 107 cm³/mol. The van der Waals surface area contributed by atoms with Crippen LogP contribution in [0.4, 0.5) is 10.9 Å². The van der Waals surface area contributed by atoms with Gasteiger partial charge in [-0.2, -0.15) is 0 Å². The number of hydrogen-bond donors (Lipinski definition) is 1. The molecule has 0 saturated carbocycles. The van der Waals surface area contributed by atoms with Gasteiger partial charge in [-0.15, -0.1) is 11.3 Å². The number of hydrogen-bond acceptors (Lipinski definition) is 5. The van der Waals surface area contributed by atoms with E-state index in [1.807, 2.05) is 50.2 Å². The van der Waals surface area contributed by atoms with Crippen LogP contribution in [0, 0.1) is 6.92 Å². The van der Waals surface area contributed by atoms with Gasteiger partial charge in [-0.05, 0) is 31.2 Å². The Morgan fingerprint density at radius 2 is 1.92 bits per heavy atom. The molecule has 0 aliphatic carbocycles. The van der Waals surface area contributed by atoms with E-state index < -0.39 is 0 Å². The average Bonchev–Trinajstić information content (AvgIpc) is 2.95. The van der Waals surface area contributed by atoms with Crippen molar-refractivity contribution in [2.75, 3.05) is 24.3 Å². The number of anilines is 2. The number of carbonyl (C=O) groups is 1. The molecule has 0 fully saturated rings. The minimum absolute atomic E-state index is 0.215. The van der Waals surface area contributed by atoms with Crippen LogP contribution in [-0.2, 0) is 0 Å². The van der Waals surface area contributed by atoms with E-state index in [9.17, 15) is 4.79 Å². The molecule has 25 heavy (non-hydrogen) atoms. The Kier molecular flexibility index (Phi) is 5.15. The molecule has 0 radical (unpaired) electrons. The molecule has 0 aliphatic heterocycles. The fourth-order valence-electron chi connectivity index (χ4n) is 2.42. The molecule has 1 amide bonds. The van der Waals surface area contributed by atoms with Crippen molar-refractivity contribution in [2.45, 2.75) is 6.92 Å². The van der Waals surface area contributed by atoms with Gasteiger partial charge < -0.3 is 4.90 Å². The zero-order chi connectivity index (χ0) is 18.0. The maximum absolute atomic E-state index is 12.6. The van der Waals surface area contributed by atoms with Gasteiger partial charge in [0.2, 0.25) is 0 Å². The molecule has 3 aromatic rings. The number of nitrogens with zero attached hydrogens (tertiary/aromatic N) is 3. The molecule has 0 saturated heterocycles. The fraction of sp³-hybridized carbons (Fsp3) is 0.167. The van der Waals surface area contributed by atoms with Crippen LogP contribution in [0.3, 0.4) is 0 Å². The first-order valence-corrected chi connectivity index (χ1v) is 9.23. The van der Waals surface area contributed by atoms with E-state index >= 15 is 0 Å². The minimum Gasteiger partial charge on any atom is -0.362 e. The zero-order valence-electron chi connectivity index (χ0n) is 14.1. The summed E-state index contributed by atoms with van der Waals surface area (Å²) < 4.78 is 1.02. The Hall–Kier alpha value is -2.25. The van der Waals surface area contributed by atoms with Crippen LogP contribution in [0.25, 0.3) is 11.3 Å². The van der Waals surface area contributed by atoms with Crippen molar-refractivity contribution < 1.29 is 4.79 Å². The SMILES string of the molecule is Cc1sc(NC(=O)c2cccnc2N(C)C)nc1-c1ccc(Br)cc1. The molecule has 0 aliphatic rings. The maximum Gasteiger partial charge on any atom is 0.261 e. The van der Waals surface area contributed by atoms with Crippen molar-refractivity contribution in [3.05, 3.63) is 57.5 Å². The van der Waals surface area contributed by atoms with Gasteiger partial charge in [0.15, 0.2) is 5.13 Å². The lowest BCUT2D eigenvalue weighted by atomic mass is 10.1. The average molecular weight is 417 g/mol. The molecular weight excluding hydrogens is 400 g/mol. The lowest BCUT2D eigenvalue weighted by Crippen LogP contribution is -2.19. The van der Waals surface area contributed by atoms with Gasteiger partial charge >= 0.3 is 0 Å². The Labute approximate surface area is 158 Å². The van der Waals surface area contributed by atoms with Gasteiger partial charge in [0, 0.05) is 35.2 Å². The minimum atomic E-state index is -0.215. The molecule has 0 spiro atoms. The largest absolute Gasteiger partial charge is 0.362 e. The second-order valence-corrected chi connectivity index (χ2v) is 7.77. The summed E-state index contributed by atoms with van der Waals surface area (Å²) >= 11 is 4.90. The normalized spacial score (nSPS) is 10.6. The van der Waals surface area contributed by atoms with Crippen LogP contribution in [0.5, 0.6) is 0 Å². The first-order valence-electron chi connectivity index (χ1n) is 7.63. The molecule has 2 aromatic heterocycles. The Morgan fingerprint density at radius 3 is 2.60 bits per heavy atom. The first-order chi connectivity index (χ1) is 12.0. The Balaban J connectivity index is 1.86. The van der Waals surface area contributed by atoms with E-state index in [1.165, 1.54) is 11.3 Å². The standard InChI is InChI=1S/C18H17BrN4OS/c1-11-15(12-6-8-13(19)9-7-12)21-18(25-11)22-17(24)14-5-4-10-20-16(14)23(2)3/h4-10H,1-3H3,(H,21,22,24). The van der Waals surface area contributed by atoms with Crippen molar-refractivity contribution in [3.8, 4) is 11.3 Å². The quantitative estimate of drug-likeness (QED) is 0.675. The third kappa shape index (κ3) is 3.88. The summed E-state index contributed by atoms with van der Waals surface area (Å²) in [6.07, 6.45) is 1.67. The van der Waals surface area contributed by atoms with Crippen LogP contribution in [0.15, 0.2) is 47.1 Å². The summed E-state index contributed by atoms with van der Waals surface area (Å²) in [5, 5.41) is 3.47. The van der Waals surface area contributed by atoms with E-state index in [0.717, 1.165) is 20.6 Å². The molecule has 5 nitrogen and oxygen atoms in total. The predicted octanol–water partition coefficient (Wildman–Crippen LogP) is 4.59. The molecule has 0 unspecified atom stereocenters. The van der Waals surface area contributed by atoms with Crippen molar-refractivity contribution in [1.29, 1.82) is 0 Å². The van der Waals surface area contributed by atoms with Gasteiger partial charge in [-0.3, -0.25) is 10.1 Å². The Bertz CT molecular complexity index is 906. The van der Waals surface area contributed by atoms with Crippen LogP contribution >= 0.6 is 27.3 Å². The molecule has 128 valence electrons. The molecule has 2 heterocycles. The number of benzene rings is 1. The van der Waals surface area contributed by atoms with E-state index in [-0.39, 0.29) is 5.91 Å². The molecule has 1 N–H and O–H groups in total. The highest BCUT2D eigenvalue weighted by Gasteiger charge is 2.17. The third-order valence-electron chi connectivity index (χ3n) is 3.59. The van der Waals surface area contributed by atoms with Gasteiger partial charge in [-0.25, -0.2) is 9.97 Å². The summed E-state index contributed by atoms with van der Waals surface area (Å²) in [6, 6.07) is 11.5. The number of halogens is 1. The summed E-state index contributed by atoms with van der Waals surface area (Å²) in [5.41, 5.74) is 2.42. The van der Waals surface area contributed by atoms with E-state index in [1.54, 1.807) is 18.3 Å². The van der Waals surface area contributed by atoms with Crippen LogP contribution < -0.4 is 10.2 Å². The van der Waals surface area contributed by atoms with Crippen LogP contribution in [-0.4, -0.2) is 30.0 Å². The molecule has 0 atom stereocenters. The van der Waals surface area contributed by atoms with Gasteiger partial charge in [0.25, 0.3) is 5.91 Å². The number of nitrogens with one attached hydrogen (secondary N) is 1. The molecule has 3 rings (SSSR count). The molecule has 0 bridgehead atoms. The molecule has 7 heteroatoms. The van der Waals surface area contributed by atoms with E-state index in [4.69, 9.17) is 0 Å². The van der Waals surface area contributed by atoms with Crippen molar-refractivity contribution in [1.82, 2.24) is 9.97 Å². The highest BCUT2D eigenvalue weighted by Crippen LogP contribution is 2.31. The number of aryl methyl sites for hydroxylation is 1. The third-order valence-corrected chi connectivity index (χ3v) is 5.00. The Morgan fingerprint density at radius 1 is 1.20 bits per heavy atom. The summed E-state index contributed by atoms with van der Waals surface area (Å²) in [4.78, 5) is 24.3. The summed E-state index contributed by atoms with van der Waals surface area (Å²) in [6.45, 7) is 2.00. The van der Waals surface area contributed by atoms with Crippen LogP contribution in [0.1, 0.15) is 15.2 Å². The number of rotatable bonds is 4. The fourth-order valence-corrected chi connectivity index (χ4v) is 3.52. The second-order valence-electron chi connectivity index (χ2n) is 5.65. The number of pyridine rings is 1. The zero-order valence-corrected chi connectivity index (χ0v) is 16.5. The molecular formula is C18H17BrN4OS. The highest BCUT2D eigenvalue weighted by molar-refractivity contribution is 9.10. The van der Waals surface area contributed by atoms with Gasteiger partial charge in [0.1, 0.15) is 5.82 Å². The lowest BCUT2D eigenvalue weighted by Gasteiger charge is -2.14. The lowest BCUT2D eigenvalue weighted by molar-refractivity contribution is 0.102. The van der Waals surface area contributed by atoms with Gasteiger partial charge in [0.05, 0.1) is 11.3 Å². The topological polar surface area (TPSA) is 58.1 Å². The van der Waals surface area contributed by atoms with Crippen molar-refractivity contribution in [2.24, 2.45) is 0 Å². The van der Waals surface area contributed by atoms with Gasteiger partial charge in [-0.1, -0.05) is 28.1 Å². The highest BCUT2D eigenvalue weighted by atomic mass is 79.9. The number of carbonyl (C=O) groups excluding carboxylic acids is 1. The number of amides is 1. The van der Waals surface area contributed by atoms with Crippen molar-refractivity contribution in [3.63, 3.8) is 0 Å². The summed E-state index contributed by atoms with van der Waals surface area (Å²) in [7, 11) is 3.72. The second kappa shape index (κ2) is 7.33. The first kappa shape index (κ1) is 17.6. The van der Waals surface area contributed by atoms with Crippen LogP contribution in [0.2, 0.25) is 0 Å².